The third-order valence-corrected chi connectivity index (χ3v) is 17.9. The average molecular weight is 766 g/mol. The zero-order valence-electron chi connectivity index (χ0n) is 34.2. The zero-order chi connectivity index (χ0) is 38.4. The first kappa shape index (κ1) is 40.4. The summed E-state index contributed by atoms with van der Waals surface area (Å²) in [5.41, 5.74) is 3.76. The number of nitrogens with one attached hydrogen (secondary N) is 1. The van der Waals surface area contributed by atoms with Crippen molar-refractivity contribution in [1.29, 1.82) is 0 Å². The van der Waals surface area contributed by atoms with E-state index in [2.05, 4.69) is 55.8 Å². The fourth-order valence-electron chi connectivity index (χ4n) is 13.6. The first-order valence-corrected chi connectivity index (χ1v) is 23.5. The van der Waals surface area contributed by atoms with Crippen molar-refractivity contribution in [3.63, 3.8) is 0 Å². The molecule has 0 bridgehead atoms. The molecule has 0 radical (unpaired) electrons. The van der Waals surface area contributed by atoms with E-state index in [1.54, 1.807) is 12.1 Å². The molecule has 0 spiro atoms. The van der Waals surface area contributed by atoms with Crippen LogP contribution < -0.4 is 5.32 Å². The second-order valence-corrected chi connectivity index (χ2v) is 22.2. The molecule has 3 saturated carbocycles. The minimum Gasteiger partial charge on any atom is -0.478 e. The molecule has 8 nitrogen and oxygen atoms in total. The van der Waals surface area contributed by atoms with Gasteiger partial charge in [0, 0.05) is 51.4 Å². The topological polar surface area (TPSA) is 99.2 Å². The van der Waals surface area contributed by atoms with Gasteiger partial charge in [-0.2, -0.15) is 0 Å². The van der Waals surface area contributed by atoms with Crippen molar-refractivity contribution in [3.05, 3.63) is 41.5 Å². The molecule has 2 aliphatic heterocycles. The Morgan fingerprint density at radius 1 is 0.926 bits per heavy atom. The van der Waals surface area contributed by atoms with E-state index in [1.807, 2.05) is 12.1 Å². The smallest absolute Gasteiger partial charge is 0.335 e. The van der Waals surface area contributed by atoms with Crippen molar-refractivity contribution in [2.24, 2.45) is 45.8 Å². The van der Waals surface area contributed by atoms with Crippen LogP contribution in [0, 0.1) is 45.8 Å². The van der Waals surface area contributed by atoms with Gasteiger partial charge in [-0.25, -0.2) is 13.2 Å². The van der Waals surface area contributed by atoms with Crippen molar-refractivity contribution in [2.45, 2.75) is 111 Å². The molecule has 302 valence electrons. The van der Waals surface area contributed by atoms with E-state index in [1.165, 1.54) is 81.9 Å². The predicted octanol–water partition coefficient (Wildman–Crippen LogP) is 7.64. The first-order valence-electron chi connectivity index (χ1n) is 21.7. The van der Waals surface area contributed by atoms with Gasteiger partial charge < -0.3 is 20.1 Å². The molecule has 1 aromatic rings. The number of nitrogens with zero attached hydrogens (tertiary/aromatic N) is 2. The molecular weight excluding hydrogens is 695 g/mol. The van der Waals surface area contributed by atoms with E-state index in [9.17, 15) is 18.3 Å². The summed E-state index contributed by atoms with van der Waals surface area (Å²) < 4.78 is 29.8. The fraction of sp³-hybridized carbons (Fsp3) is 0.800. The Labute approximate surface area is 327 Å². The van der Waals surface area contributed by atoms with E-state index in [0.29, 0.717) is 53.3 Å². The number of allylic oxidation sites excluding steroid dienone is 2. The van der Waals surface area contributed by atoms with E-state index < -0.39 is 15.8 Å². The van der Waals surface area contributed by atoms with Gasteiger partial charge in [0.2, 0.25) is 0 Å². The Morgan fingerprint density at radius 2 is 1.65 bits per heavy atom. The van der Waals surface area contributed by atoms with E-state index in [0.717, 1.165) is 57.6 Å². The Morgan fingerprint density at radius 3 is 2.35 bits per heavy atom. The minimum atomic E-state index is -2.86. The van der Waals surface area contributed by atoms with Crippen LogP contribution in [-0.4, -0.2) is 105 Å². The Kier molecular flexibility index (Phi) is 11.9. The summed E-state index contributed by atoms with van der Waals surface area (Å²) in [6, 6.07) is 7.60. The molecule has 0 amide bonds. The number of fused-ring (bicyclic) bond motifs is 5. The molecule has 6 aliphatic rings. The van der Waals surface area contributed by atoms with Gasteiger partial charge in [0.05, 0.1) is 30.3 Å². The highest BCUT2D eigenvalue weighted by atomic mass is 32.2. The van der Waals surface area contributed by atoms with Gasteiger partial charge >= 0.3 is 5.97 Å². The number of ether oxygens (including phenoxy) is 1. The lowest BCUT2D eigenvalue weighted by Crippen LogP contribution is -2.62. The van der Waals surface area contributed by atoms with Crippen LogP contribution in [0.1, 0.15) is 121 Å². The second-order valence-electron chi connectivity index (χ2n) is 19.9. The lowest BCUT2D eigenvalue weighted by molar-refractivity contribution is -0.163. The predicted molar refractivity (Wildman–Crippen MR) is 218 cm³/mol. The number of sulfone groups is 1. The molecule has 8 unspecified atom stereocenters. The number of carbonyl (C=O) groups is 1. The number of carboxylic acids is 1. The summed E-state index contributed by atoms with van der Waals surface area (Å²) in [6.07, 6.45) is 16.5. The number of aromatic carboxylic acids is 1. The Balaban J connectivity index is 1.04. The Hall–Kier alpha value is -1.78. The first-order chi connectivity index (χ1) is 25.6. The van der Waals surface area contributed by atoms with Gasteiger partial charge in [-0.3, -0.25) is 4.90 Å². The minimum absolute atomic E-state index is 0.0268. The molecule has 0 aromatic heterocycles. The maximum Gasteiger partial charge on any atom is 0.335 e. The summed E-state index contributed by atoms with van der Waals surface area (Å²) in [6.45, 7) is 21.0. The molecule has 5 fully saturated rings. The van der Waals surface area contributed by atoms with Gasteiger partial charge in [0.15, 0.2) is 9.84 Å². The van der Waals surface area contributed by atoms with Crippen molar-refractivity contribution in [1.82, 2.24) is 15.1 Å². The van der Waals surface area contributed by atoms with E-state index >= 15 is 0 Å². The highest BCUT2D eigenvalue weighted by Gasteiger charge is 2.63. The van der Waals surface area contributed by atoms with Gasteiger partial charge in [-0.1, -0.05) is 59.2 Å². The van der Waals surface area contributed by atoms with Crippen molar-refractivity contribution in [2.75, 3.05) is 70.5 Å². The molecule has 2 saturated heterocycles. The van der Waals surface area contributed by atoms with Crippen LogP contribution in [0.25, 0.3) is 5.57 Å². The number of hydrogen-bond acceptors (Lipinski definition) is 7. The molecular formula is C45H71N3O5S. The zero-order valence-corrected chi connectivity index (χ0v) is 35.0. The van der Waals surface area contributed by atoms with Crippen molar-refractivity contribution >= 4 is 21.4 Å². The standard InChI is InChI=1S/C45H71N3O5S/c1-33(32-48-23-27-53-28-24-48)7-6-17-45(46-21-22-47-25-29-54(51,52)30-26-47)20-15-38-36(31-45)12-13-40-43(38,4)19-16-39-42(2,3)37(14-18-44(39,40)5)34-8-10-35(11-9-34)41(49)50/h8-11,14,33,36,38-40,46H,6-7,12-13,15-32H2,1-5H3,(H,49,50). The molecule has 7 rings (SSSR count). The van der Waals surface area contributed by atoms with Crippen LogP contribution in [0.5, 0.6) is 0 Å². The van der Waals surface area contributed by atoms with Crippen LogP contribution in [0.2, 0.25) is 0 Å². The summed E-state index contributed by atoms with van der Waals surface area (Å²) in [4.78, 5) is 16.5. The third kappa shape index (κ3) is 8.14. The van der Waals surface area contributed by atoms with Crippen LogP contribution in [-0.2, 0) is 14.6 Å². The van der Waals surface area contributed by atoms with Crippen molar-refractivity contribution < 1.29 is 23.1 Å². The maximum atomic E-state index is 12.1. The summed E-state index contributed by atoms with van der Waals surface area (Å²) in [5, 5.41) is 13.7. The van der Waals surface area contributed by atoms with Crippen LogP contribution >= 0.6 is 0 Å². The lowest BCUT2D eigenvalue weighted by Gasteiger charge is -2.68. The van der Waals surface area contributed by atoms with E-state index in [-0.39, 0.29) is 16.4 Å². The second kappa shape index (κ2) is 15.9. The van der Waals surface area contributed by atoms with Gasteiger partial charge in [-0.15, -0.1) is 0 Å². The molecule has 54 heavy (non-hydrogen) atoms. The Bertz CT molecular complexity index is 1610. The number of carboxylic acid groups (broad SMARTS) is 1. The maximum absolute atomic E-state index is 12.1. The highest BCUT2D eigenvalue weighted by molar-refractivity contribution is 7.91. The SMILES string of the molecule is CC(CCCC1(NCCN2CCS(=O)(=O)CC2)CCC2C(CCC3C2(C)CCC2C(C)(C)C(c4ccc(C(=O)O)cc4)=CCC23C)C1)CN1CCOCC1. The number of rotatable bonds is 12. The molecule has 2 heterocycles. The average Bonchev–Trinajstić information content (AvgIpc) is 3.12. The number of hydrogen-bond donors (Lipinski definition) is 2. The van der Waals surface area contributed by atoms with E-state index in [4.69, 9.17) is 4.74 Å². The quantitative estimate of drug-likeness (QED) is 0.224. The fourth-order valence-corrected chi connectivity index (χ4v) is 14.9. The molecule has 4 aliphatic carbocycles. The molecule has 2 N–H and O–H groups in total. The largest absolute Gasteiger partial charge is 0.478 e. The van der Waals surface area contributed by atoms with Crippen LogP contribution in [0.15, 0.2) is 30.3 Å². The normalized spacial score (nSPS) is 37.3. The van der Waals surface area contributed by atoms with Crippen LogP contribution in [0.4, 0.5) is 0 Å². The van der Waals surface area contributed by atoms with Crippen LogP contribution in [0.3, 0.4) is 0 Å². The molecule has 8 atom stereocenters. The number of benzene rings is 1. The van der Waals surface area contributed by atoms with Crippen molar-refractivity contribution in [3.8, 4) is 0 Å². The third-order valence-electron chi connectivity index (χ3n) is 16.3. The lowest BCUT2D eigenvalue weighted by atomic mass is 9.37. The van der Waals surface area contributed by atoms with Gasteiger partial charge in [0.1, 0.15) is 0 Å². The van der Waals surface area contributed by atoms with Gasteiger partial charge in [-0.05, 0) is 133 Å². The van der Waals surface area contributed by atoms with Gasteiger partial charge in [0.25, 0.3) is 0 Å². The highest BCUT2D eigenvalue weighted by Crippen LogP contribution is 2.71. The molecule has 1 aromatic carbocycles. The summed E-state index contributed by atoms with van der Waals surface area (Å²) >= 11 is 0. The number of morpholine rings is 1. The monoisotopic (exact) mass is 766 g/mol. The summed E-state index contributed by atoms with van der Waals surface area (Å²) in [5.74, 6) is 3.28. The molecule has 9 heteroatoms. The summed E-state index contributed by atoms with van der Waals surface area (Å²) in [7, 11) is -2.86.